The van der Waals surface area contributed by atoms with E-state index in [2.05, 4.69) is 53.8 Å². The quantitative estimate of drug-likeness (QED) is 0.741. The van der Waals surface area contributed by atoms with Crippen LogP contribution in [0.3, 0.4) is 0 Å². The van der Waals surface area contributed by atoms with Crippen LogP contribution in [0.2, 0.25) is 0 Å². The van der Waals surface area contributed by atoms with Gasteiger partial charge in [-0.1, -0.05) is 39.0 Å². The maximum Gasteiger partial charge on any atom is 0.136 e. The van der Waals surface area contributed by atoms with Crippen LogP contribution < -0.4 is 4.90 Å². The molecule has 5 nitrogen and oxygen atoms in total. The first kappa shape index (κ1) is 22.2. The lowest BCUT2D eigenvalue weighted by atomic mass is 9.83. The van der Waals surface area contributed by atoms with Gasteiger partial charge in [-0.3, -0.25) is 4.90 Å². The van der Waals surface area contributed by atoms with Crippen LogP contribution in [0.5, 0.6) is 0 Å². The van der Waals surface area contributed by atoms with Crippen LogP contribution in [0.15, 0.2) is 30.7 Å². The monoisotopic (exact) mass is 422 g/mol. The van der Waals surface area contributed by atoms with Crippen LogP contribution in [0, 0.1) is 5.92 Å². The van der Waals surface area contributed by atoms with Crippen LogP contribution in [0.4, 0.5) is 5.82 Å². The summed E-state index contributed by atoms with van der Waals surface area (Å²) in [5.41, 5.74) is 5.70. The minimum absolute atomic E-state index is 0.145. The third kappa shape index (κ3) is 4.93. The van der Waals surface area contributed by atoms with Gasteiger partial charge < -0.3 is 10.0 Å². The molecule has 2 aliphatic rings. The SMILES string of the molecule is CCc1cccc(CC)c1C1CC(C)CCN1c1ncncc1CN1CCC(O)CC1. The third-order valence-corrected chi connectivity index (χ3v) is 7.23. The summed E-state index contributed by atoms with van der Waals surface area (Å²) < 4.78 is 0. The Labute approximate surface area is 187 Å². The van der Waals surface area contributed by atoms with Crippen LogP contribution in [0.25, 0.3) is 0 Å². The molecule has 1 N–H and O–H groups in total. The lowest BCUT2D eigenvalue weighted by Gasteiger charge is -2.42. The van der Waals surface area contributed by atoms with E-state index in [9.17, 15) is 5.11 Å². The van der Waals surface area contributed by atoms with Crippen LogP contribution in [-0.4, -0.2) is 45.7 Å². The molecule has 2 aromatic rings. The first-order chi connectivity index (χ1) is 15.1. The molecule has 4 rings (SSSR count). The Bertz CT molecular complexity index is 840. The number of aliphatic hydroxyl groups excluding tert-OH is 1. The van der Waals surface area contributed by atoms with E-state index in [4.69, 9.17) is 4.98 Å². The van der Waals surface area contributed by atoms with Gasteiger partial charge in [-0.25, -0.2) is 9.97 Å². The van der Waals surface area contributed by atoms with E-state index in [1.807, 2.05) is 6.20 Å². The Hall–Kier alpha value is -1.98. The normalized spacial score (nSPS) is 23.3. The van der Waals surface area contributed by atoms with Gasteiger partial charge in [0, 0.05) is 37.9 Å². The average molecular weight is 423 g/mol. The third-order valence-electron chi connectivity index (χ3n) is 7.23. The van der Waals surface area contributed by atoms with Crippen LogP contribution in [-0.2, 0) is 19.4 Å². The van der Waals surface area contributed by atoms with E-state index in [0.717, 1.165) is 57.7 Å². The fourth-order valence-electron chi connectivity index (χ4n) is 5.42. The molecule has 1 aromatic carbocycles. The summed E-state index contributed by atoms with van der Waals surface area (Å²) in [7, 11) is 0. The summed E-state index contributed by atoms with van der Waals surface area (Å²) in [4.78, 5) is 14.2. The second kappa shape index (κ2) is 10.1. The topological polar surface area (TPSA) is 52.5 Å². The minimum atomic E-state index is -0.145. The van der Waals surface area contributed by atoms with Gasteiger partial charge in [-0.2, -0.15) is 0 Å². The highest BCUT2D eigenvalue weighted by Crippen LogP contribution is 2.41. The van der Waals surface area contributed by atoms with E-state index in [0.29, 0.717) is 12.0 Å². The molecule has 31 heavy (non-hydrogen) atoms. The number of benzene rings is 1. The second-order valence-electron chi connectivity index (χ2n) is 9.41. The second-order valence-corrected chi connectivity index (χ2v) is 9.41. The van der Waals surface area contributed by atoms with Gasteiger partial charge in [0.2, 0.25) is 0 Å². The number of aromatic nitrogens is 2. The molecule has 0 aliphatic carbocycles. The van der Waals surface area contributed by atoms with E-state index in [1.165, 1.54) is 35.1 Å². The van der Waals surface area contributed by atoms with E-state index in [-0.39, 0.29) is 6.10 Å². The first-order valence-electron chi connectivity index (χ1n) is 12.2. The van der Waals surface area contributed by atoms with E-state index in [1.54, 1.807) is 6.33 Å². The molecule has 0 saturated carbocycles. The molecule has 2 aliphatic heterocycles. The van der Waals surface area contributed by atoms with Crippen molar-refractivity contribution in [3.63, 3.8) is 0 Å². The van der Waals surface area contributed by atoms with Crippen molar-refractivity contribution in [1.29, 1.82) is 0 Å². The molecule has 168 valence electrons. The number of aliphatic hydroxyl groups is 1. The summed E-state index contributed by atoms with van der Waals surface area (Å²) in [5.74, 6) is 1.82. The van der Waals surface area contributed by atoms with Gasteiger partial charge in [0.15, 0.2) is 0 Å². The van der Waals surface area contributed by atoms with Crippen molar-refractivity contribution in [3.8, 4) is 0 Å². The number of anilines is 1. The Morgan fingerprint density at radius 1 is 1.00 bits per heavy atom. The summed E-state index contributed by atoms with van der Waals surface area (Å²) in [6.07, 6.45) is 9.79. The largest absolute Gasteiger partial charge is 0.393 e. The molecule has 0 spiro atoms. The number of hydrogen-bond donors (Lipinski definition) is 1. The summed E-state index contributed by atoms with van der Waals surface area (Å²) in [5, 5.41) is 9.88. The van der Waals surface area contributed by atoms with E-state index >= 15 is 0 Å². The van der Waals surface area contributed by atoms with Crippen molar-refractivity contribution in [2.24, 2.45) is 5.92 Å². The Kier molecular flexibility index (Phi) is 7.24. The van der Waals surface area contributed by atoms with Crippen molar-refractivity contribution in [2.45, 2.75) is 78.0 Å². The number of nitrogens with zero attached hydrogens (tertiary/aromatic N) is 4. The highest BCUT2D eigenvalue weighted by atomic mass is 16.3. The van der Waals surface area contributed by atoms with Gasteiger partial charge in [0.25, 0.3) is 0 Å². The first-order valence-corrected chi connectivity index (χ1v) is 12.2. The molecule has 3 heterocycles. The Morgan fingerprint density at radius 2 is 1.71 bits per heavy atom. The standard InChI is InChI=1S/C26H38N4O/c1-4-20-7-6-8-21(5-2)25(20)24-15-19(3)9-14-30(24)26-22(16-27-18-28-26)17-29-12-10-23(31)11-13-29/h6-8,16,18-19,23-24,31H,4-5,9-15,17H2,1-3H3. The molecule has 2 unspecified atom stereocenters. The average Bonchev–Trinajstić information content (AvgIpc) is 2.80. The highest BCUT2D eigenvalue weighted by Gasteiger charge is 2.32. The number of piperidine rings is 2. The number of hydrogen-bond acceptors (Lipinski definition) is 5. The maximum atomic E-state index is 9.88. The predicted molar refractivity (Wildman–Crippen MR) is 126 cm³/mol. The zero-order valence-electron chi connectivity index (χ0n) is 19.4. The lowest BCUT2D eigenvalue weighted by Crippen LogP contribution is -2.39. The molecule has 0 amide bonds. The van der Waals surface area contributed by atoms with Gasteiger partial charge >= 0.3 is 0 Å². The molecule has 0 bridgehead atoms. The van der Waals surface area contributed by atoms with Crippen molar-refractivity contribution in [1.82, 2.24) is 14.9 Å². The molecular weight excluding hydrogens is 384 g/mol. The van der Waals surface area contributed by atoms with E-state index < -0.39 is 0 Å². The molecule has 2 saturated heterocycles. The van der Waals surface area contributed by atoms with Gasteiger partial charge in [-0.05, 0) is 61.1 Å². The highest BCUT2D eigenvalue weighted by molar-refractivity contribution is 5.51. The van der Waals surface area contributed by atoms with Crippen LogP contribution in [0.1, 0.15) is 74.8 Å². The summed E-state index contributed by atoms with van der Waals surface area (Å²) in [6, 6.07) is 7.21. The molecule has 5 heteroatoms. The van der Waals surface area contributed by atoms with Gasteiger partial charge in [0.05, 0.1) is 12.1 Å². The van der Waals surface area contributed by atoms with Crippen LogP contribution >= 0.6 is 0 Å². The van der Waals surface area contributed by atoms with Crippen molar-refractivity contribution < 1.29 is 5.11 Å². The van der Waals surface area contributed by atoms with Crippen molar-refractivity contribution in [3.05, 3.63) is 53.0 Å². The smallest absolute Gasteiger partial charge is 0.136 e. The Balaban J connectivity index is 1.68. The lowest BCUT2D eigenvalue weighted by molar-refractivity contribution is 0.0792. The minimum Gasteiger partial charge on any atom is -0.393 e. The molecule has 2 fully saturated rings. The molecule has 1 aromatic heterocycles. The Morgan fingerprint density at radius 3 is 2.39 bits per heavy atom. The maximum absolute atomic E-state index is 9.88. The zero-order chi connectivity index (χ0) is 21.8. The molecule has 0 radical (unpaired) electrons. The summed E-state index contributed by atoms with van der Waals surface area (Å²) in [6.45, 7) is 10.7. The zero-order valence-corrected chi connectivity index (χ0v) is 19.4. The summed E-state index contributed by atoms with van der Waals surface area (Å²) >= 11 is 0. The van der Waals surface area contributed by atoms with Crippen molar-refractivity contribution in [2.75, 3.05) is 24.5 Å². The molecule has 2 atom stereocenters. The fraction of sp³-hybridized carbons (Fsp3) is 0.615. The number of aryl methyl sites for hydroxylation is 2. The number of likely N-dealkylation sites (tertiary alicyclic amines) is 1. The predicted octanol–water partition coefficient (Wildman–Crippen LogP) is 4.54. The fourth-order valence-corrected chi connectivity index (χ4v) is 5.42. The molecular formula is C26H38N4O. The van der Waals surface area contributed by atoms with Gasteiger partial charge in [-0.15, -0.1) is 0 Å². The number of rotatable bonds is 6. The van der Waals surface area contributed by atoms with Crippen molar-refractivity contribution >= 4 is 5.82 Å². The van der Waals surface area contributed by atoms with Gasteiger partial charge in [0.1, 0.15) is 12.1 Å².